The van der Waals surface area contributed by atoms with E-state index in [9.17, 15) is 8.42 Å². The standard InChI is InChI=1S/C14H23N3O2S/c1-12-5-4-10-17(11-12)14-8-6-13(7-9-14)15-20(18,19)16(2)3/h6-9,12,15H,4-5,10-11H2,1-3H3. The van der Waals surface area contributed by atoms with Crippen LogP contribution in [0.2, 0.25) is 0 Å². The molecule has 0 aromatic heterocycles. The molecular formula is C14H23N3O2S. The lowest BCUT2D eigenvalue weighted by Gasteiger charge is -2.32. The van der Waals surface area contributed by atoms with E-state index in [1.807, 2.05) is 24.3 Å². The van der Waals surface area contributed by atoms with Crippen LogP contribution in [0.15, 0.2) is 24.3 Å². The SMILES string of the molecule is CC1CCCN(c2ccc(NS(=O)(=O)N(C)C)cc2)C1. The summed E-state index contributed by atoms with van der Waals surface area (Å²) in [6.07, 6.45) is 2.51. The van der Waals surface area contributed by atoms with Gasteiger partial charge in [0.25, 0.3) is 0 Å². The Morgan fingerprint density at radius 3 is 2.45 bits per heavy atom. The second-order valence-electron chi connectivity index (χ2n) is 5.63. The predicted octanol–water partition coefficient (Wildman–Crippen LogP) is 2.14. The topological polar surface area (TPSA) is 52.7 Å². The second kappa shape index (κ2) is 6.01. The summed E-state index contributed by atoms with van der Waals surface area (Å²) in [5.74, 6) is 0.718. The van der Waals surface area contributed by atoms with Gasteiger partial charge in [-0.1, -0.05) is 6.92 Å². The van der Waals surface area contributed by atoms with E-state index in [0.717, 1.165) is 29.0 Å². The smallest absolute Gasteiger partial charge is 0.301 e. The van der Waals surface area contributed by atoms with Gasteiger partial charge in [-0.25, -0.2) is 0 Å². The summed E-state index contributed by atoms with van der Waals surface area (Å²) >= 11 is 0. The molecule has 1 fully saturated rings. The highest BCUT2D eigenvalue weighted by Crippen LogP contribution is 2.24. The lowest BCUT2D eigenvalue weighted by atomic mass is 10.00. The first-order chi connectivity index (χ1) is 9.38. The molecule has 1 heterocycles. The van der Waals surface area contributed by atoms with Crippen LogP contribution in [0.1, 0.15) is 19.8 Å². The molecule has 0 bridgehead atoms. The third-order valence-corrected chi connectivity index (χ3v) is 5.07. The van der Waals surface area contributed by atoms with Crippen molar-refractivity contribution in [2.24, 2.45) is 5.92 Å². The van der Waals surface area contributed by atoms with Crippen molar-refractivity contribution >= 4 is 21.6 Å². The molecule has 0 amide bonds. The van der Waals surface area contributed by atoms with Crippen molar-refractivity contribution < 1.29 is 8.42 Å². The molecule has 1 aromatic rings. The number of nitrogens with zero attached hydrogens (tertiary/aromatic N) is 2. The molecule has 0 aliphatic carbocycles. The monoisotopic (exact) mass is 297 g/mol. The van der Waals surface area contributed by atoms with Crippen LogP contribution in [-0.2, 0) is 10.2 Å². The fourth-order valence-electron chi connectivity index (χ4n) is 2.40. The van der Waals surface area contributed by atoms with Gasteiger partial charge in [0, 0.05) is 38.6 Å². The average molecular weight is 297 g/mol. The summed E-state index contributed by atoms with van der Waals surface area (Å²) < 4.78 is 27.2. The molecule has 1 N–H and O–H groups in total. The van der Waals surface area contributed by atoms with Crippen LogP contribution in [-0.4, -0.2) is 39.9 Å². The number of anilines is 2. The number of benzene rings is 1. The maximum atomic E-state index is 11.7. The van der Waals surface area contributed by atoms with Gasteiger partial charge in [0.2, 0.25) is 0 Å². The number of rotatable bonds is 4. The van der Waals surface area contributed by atoms with Crippen molar-refractivity contribution in [2.45, 2.75) is 19.8 Å². The van der Waals surface area contributed by atoms with Crippen LogP contribution in [0.5, 0.6) is 0 Å². The van der Waals surface area contributed by atoms with E-state index in [4.69, 9.17) is 0 Å². The minimum Gasteiger partial charge on any atom is -0.371 e. The Labute approximate surface area is 121 Å². The molecule has 0 spiro atoms. The summed E-state index contributed by atoms with van der Waals surface area (Å²) in [7, 11) is -0.416. The van der Waals surface area contributed by atoms with Crippen molar-refractivity contribution in [3.63, 3.8) is 0 Å². The van der Waals surface area contributed by atoms with Crippen molar-refractivity contribution in [2.75, 3.05) is 36.8 Å². The lowest BCUT2D eigenvalue weighted by Crippen LogP contribution is -2.34. The van der Waals surface area contributed by atoms with Crippen molar-refractivity contribution in [1.29, 1.82) is 0 Å². The zero-order valence-corrected chi connectivity index (χ0v) is 13.2. The first kappa shape index (κ1) is 15.1. The molecular weight excluding hydrogens is 274 g/mol. The number of hydrogen-bond donors (Lipinski definition) is 1. The Bertz CT molecular complexity index is 540. The van der Waals surface area contributed by atoms with E-state index in [2.05, 4.69) is 16.5 Å². The van der Waals surface area contributed by atoms with Gasteiger partial charge >= 0.3 is 10.2 Å². The quantitative estimate of drug-likeness (QED) is 0.926. The molecule has 6 heteroatoms. The van der Waals surface area contributed by atoms with Gasteiger partial charge in [-0.15, -0.1) is 0 Å². The van der Waals surface area contributed by atoms with Crippen LogP contribution in [0.4, 0.5) is 11.4 Å². The zero-order chi connectivity index (χ0) is 14.8. The number of nitrogens with one attached hydrogen (secondary N) is 1. The first-order valence-corrected chi connectivity index (χ1v) is 8.38. The fourth-order valence-corrected chi connectivity index (χ4v) is 3.02. The zero-order valence-electron chi connectivity index (χ0n) is 12.3. The minimum atomic E-state index is -3.43. The molecule has 0 saturated carbocycles. The summed E-state index contributed by atoms with van der Waals surface area (Å²) in [6, 6.07) is 7.59. The Hall–Kier alpha value is -1.27. The molecule has 1 unspecified atom stereocenters. The van der Waals surface area contributed by atoms with Crippen molar-refractivity contribution in [3.8, 4) is 0 Å². The Morgan fingerprint density at radius 1 is 1.25 bits per heavy atom. The second-order valence-corrected chi connectivity index (χ2v) is 7.51. The van der Waals surface area contributed by atoms with Gasteiger partial charge in [0.15, 0.2) is 0 Å². The van der Waals surface area contributed by atoms with Crippen LogP contribution in [0, 0.1) is 5.92 Å². The molecule has 2 rings (SSSR count). The van der Waals surface area contributed by atoms with E-state index in [0.29, 0.717) is 5.69 Å². The molecule has 1 aliphatic heterocycles. The summed E-state index contributed by atoms with van der Waals surface area (Å²) in [4.78, 5) is 2.36. The van der Waals surface area contributed by atoms with Gasteiger partial charge < -0.3 is 4.90 Å². The molecule has 20 heavy (non-hydrogen) atoms. The van der Waals surface area contributed by atoms with Gasteiger partial charge in [-0.05, 0) is 43.0 Å². The first-order valence-electron chi connectivity index (χ1n) is 6.94. The highest BCUT2D eigenvalue weighted by Gasteiger charge is 2.17. The highest BCUT2D eigenvalue weighted by atomic mass is 32.2. The number of piperidine rings is 1. The maximum Gasteiger partial charge on any atom is 0.301 e. The molecule has 1 atom stereocenters. The Kier molecular flexibility index (Phi) is 4.55. The van der Waals surface area contributed by atoms with E-state index in [1.54, 1.807) is 0 Å². The van der Waals surface area contributed by atoms with Crippen molar-refractivity contribution in [1.82, 2.24) is 4.31 Å². The maximum absolute atomic E-state index is 11.7. The predicted molar refractivity (Wildman–Crippen MR) is 83.3 cm³/mol. The largest absolute Gasteiger partial charge is 0.371 e. The average Bonchev–Trinajstić information content (AvgIpc) is 2.39. The molecule has 1 aliphatic rings. The Morgan fingerprint density at radius 2 is 1.90 bits per heavy atom. The van der Waals surface area contributed by atoms with E-state index < -0.39 is 10.2 Å². The molecule has 1 saturated heterocycles. The summed E-state index contributed by atoms with van der Waals surface area (Å²) in [6.45, 7) is 4.42. The van der Waals surface area contributed by atoms with E-state index >= 15 is 0 Å². The highest BCUT2D eigenvalue weighted by molar-refractivity contribution is 7.90. The minimum absolute atomic E-state index is 0.590. The van der Waals surface area contributed by atoms with Crippen LogP contribution < -0.4 is 9.62 Å². The van der Waals surface area contributed by atoms with Crippen molar-refractivity contribution in [3.05, 3.63) is 24.3 Å². The fraction of sp³-hybridized carbons (Fsp3) is 0.571. The molecule has 5 nitrogen and oxygen atoms in total. The van der Waals surface area contributed by atoms with Crippen LogP contribution in [0.3, 0.4) is 0 Å². The normalized spacial score (nSPS) is 20.2. The molecule has 1 aromatic carbocycles. The number of hydrogen-bond acceptors (Lipinski definition) is 3. The third-order valence-electron chi connectivity index (χ3n) is 3.62. The van der Waals surface area contributed by atoms with E-state index in [1.165, 1.54) is 26.9 Å². The molecule has 0 radical (unpaired) electrons. The summed E-state index contributed by atoms with van der Waals surface area (Å²) in [5.41, 5.74) is 1.75. The van der Waals surface area contributed by atoms with Crippen LogP contribution >= 0.6 is 0 Å². The molecule has 112 valence electrons. The summed E-state index contributed by atoms with van der Waals surface area (Å²) in [5, 5.41) is 0. The van der Waals surface area contributed by atoms with E-state index in [-0.39, 0.29) is 0 Å². The third kappa shape index (κ3) is 3.64. The van der Waals surface area contributed by atoms with Gasteiger partial charge in [-0.3, -0.25) is 4.72 Å². The van der Waals surface area contributed by atoms with Gasteiger partial charge in [0.05, 0.1) is 0 Å². The Balaban J connectivity index is 2.07. The van der Waals surface area contributed by atoms with Crippen LogP contribution in [0.25, 0.3) is 0 Å². The van der Waals surface area contributed by atoms with Gasteiger partial charge in [-0.2, -0.15) is 12.7 Å². The lowest BCUT2D eigenvalue weighted by molar-refractivity contribution is 0.447. The van der Waals surface area contributed by atoms with Gasteiger partial charge in [0.1, 0.15) is 0 Å².